The van der Waals surface area contributed by atoms with Gasteiger partial charge >= 0.3 is 0 Å². The normalized spacial score (nSPS) is 13.6. The predicted molar refractivity (Wildman–Crippen MR) is 92.2 cm³/mol. The maximum Gasteiger partial charge on any atom is 0.260 e. The zero-order valence-corrected chi connectivity index (χ0v) is 14.3. The van der Waals surface area contributed by atoms with Crippen molar-refractivity contribution in [3.05, 3.63) is 64.4 Å². The van der Waals surface area contributed by atoms with Crippen molar-refractivity contribution in [3.63, 3.8) is 0 Å². The first-order valence-corrected chi connectivity index (χ1v) is 8.31. The number of benzene rings is 1. The summed E-state index contributed by atoms with van der Waals surface area (Å²) in [6, 6.07) is 7.29. The molecule has 2 aromatic heterocycles. The van der Waals surface area contributed by atoms with E-state index in [1.54, 1.807) is 24.1 Å². The van der Waals surface area contributed by atoms with Crippen molar-refractivity contribution in [2.24, 2.45) is 0 Å². The second-order valence-corrected chi connectivity index (χ2v) is 6.32. The fourth-order valence-electron chi connectivity index (χ4n) is 3.06. The van der Waals surface area contributed by atoms with Gasteiger partial charge in [0.05, 0.1) is 10.7 Å². The molecule has 1 aliphatic rings. The number of fused-ring (bicyclic) bond motifs is 1. The highest BCUT2D eigenvalue weighted by molar-refractivity contribution is 6.33. The third kappa shape index (κ3) is 2.78. The first-order valence-electron chi connectivity index (χ1n) is 7.93. The van der Waals surface area contributed by atoms with Crippen molar-refractivity contribution in [2.75, 3.05) is 6.54 Å². The van der Waals surface area contributed by atoms with Gasteiger partial charge in [-0.1, -0.05) is 35.0 Å². The van der Waals surface area contributed by atoms with Gasteiger partial charge in [-0.15, -0.1) is 0 Å². The lowest BCUT2D eigenvalue weighted by molar-refractivity contribution is 0.0732. The van der Waals surface area contributed by atoms with Crippen LogP contribution in [0, 0.1) is 6.92 Å². The molecule has 4 rings (SSSR count). The van der Waals surface area contributed by atoms with Gasteiger partial charge in [-0.2, -0.15) is 0 Å². The molecule has 0 N–H and O–H groups in total. The van der Waals surface area contributed by atoms with Gasteiger partial charge in [0.25, 0.3) is 5.91 Å². The third-order valence-electron chi connectivity index (χ3n) is 4.35. The van der Waals surface area contributed by atoms with Crippen LogP contribution in [0.3, 0.4) is 0 Å². The van der Waals surface area contributed by atoms with Gasteiger partial charge in [0, 0.05) is 36.8 Å². The number of aryl methyl sites for hydroxylation is 1. The number of rotatable bonds is 2. The average molecular weight is 355 g/mol. The zero-order valence-electron chi connectivity index (χ0n) is 13.6. The van der Waals surface area contributed by atoms with E-state index in [1.165, 1.54) is 6.33 Å². The largest absolute Gasteiger partial charge is 0.360 e. The van der Waals surface area contributed by atoms with Gasteiger partial charge in [-0.05, 0) is 13.0 Å². The van der Waals surface area contributed by atoms with E-state index in [1.807, 2.05) is 18.2 Å². The minimum Gasteiger partial charge on any atom is -0.360 e. The number of hydrogen-bond donors (Lipinski definition) is 0. The molecule has 0 radical (unpaired) electrons. The topological polar surface area (TPSA) is 72.1 Å². The molecular weight excluding hydrogens is 340 g/mol. The van der Waals surface area contributed by atoms with Crippen molar-refractivity contribution in [3.8, 4) is 11.3 Å². The van der Waals surface area contributed by atoms with Crippen molar-refractivity contribution < 1.29 is 9.32 Å². The average Bonchev–Trinajstić information content (AvgIpc) is 3.02. The molecule has 0 saturated heterocycles. The molecule has 0 atom stereocenters. The fourth-order valence-corrected chi connectivity index (χ4v) is 3.28. The molecule has 7 heteroatoms. The van der Waals surface area contributed by atoms with Gasteiger partial charge < -0.3 is 9.42 Å². The Hall–Kier alpha value is -2.73. The molecule has 25 heavy (non-hydrogen) atoms. The third-order valence-corrected chi connectivity index (χ3v) is 4.68. The van der Waals surface area contributed by atoms with Gasteiger partial charge in [0.2, 0.25) is 0 Å². The van der Waals surface area contributed by atoms with Crippen molar-refractivity contribution >= 4 is 17.5 Å². The Morgan fingerprint density at radius 2 is 2.16 bits per heavy atom. The maximum atomic E-state index is 13.1. The Balaban J connectivity index is 1.70. The second-order valence-electron chi connectivity index (χ2n) is 5.91. The van der Waals surface area contributed by atoms with E-state index < -0.39 is 0 Å². The van der Waals surface area contributed by atoms with E-state index in [0.717, 1.165) is 11.3 Å². The molecule has 1 amide bonds. The summed E-state index contributed by atoms with van der Waals surface area (Å²) < 4.78 is 5.31. The van der Waals surface area contributed by atoms with Crippen LogP contribution in [0.1, 0.15) is 27.4 Å². The highest BCUT2D eigenvalue weighted by Crippen LogP contribution is 2.32. The van der Waals surface area contributed by atoms with Gasteiger partial charge in [-0.3, -0.25) is 4.79 Å². The minimum absolute atomic E-state index is 0.122. The molecule has 126 valence electrons. The molecular formula is C18H15ClN4O2. The van der Waals surface area contributed by atoms with Crippen LogP contribution < -0.4 is 0 Å². The SMILES string of the molecule is Cc1onc(-c2ccccc2Cl)c1C(=O)N1CCc2ncncc2C1. The van der Waals surface area contributed by atoms with Gasteiger partial charge in [0.1, 0.15) is 23.3 Å². The lowest BCUT2D eigenvalue weighted by Gasteiger charge is -2.27. The summed E-state index contributed by atoms with van der Waals surface area (Å²) in [5, 5.41) is 4.61. The first kappa shape index (κ1) is 15.8. The van der Waals surface area contributed by atoms with Crippen molar-refractivity contribution in [1.82, 2.24) is 20.0 Å². The number of halogens is 1. The molecule has 3 aromatic rings. The smallest absolute Gasteiger partial charge is 0.260 e. The van der Waals surface area contributed by atoms with E-state index in [9.17, 15) is 4.79 Å². The van der Waals surface area contributed by atoms with Gasteiger partial charge in [0.15, 0.2) is 0 Å². The lowest BCUT2D eigenvalue weighted by Crippen LogP contribution is -2.36. The standard InChI is InChI=1S/C18H15ClN4O2/c1-11-16(17(22-25-11)13-4-2-3-5-14(13)19)18(24)23-7-6-15-12(9-23)8-20-10-21-15/h2-5,8,10H,6-7,9H2,1H3. The lowest BCUT2D eigenvalue weighted by atomic mass is 10.0. The van der Waals surface area contributed by atoms with Crippen LogP contribution in [0.5, 0.6) is 0 Å². The molecule has 1 aliphatic heterocycles. The number of carbonyl (C=O) groups is 1. The summed E-state index contributed by atoms with van der Waals surface area (Å²) in [6.07, 6.45) is 4.00. The molecule has 0 unspecified atom stereocenters. The monoisotopic (exact) mass is 354 g/mol. The van der Waals surface area contributed by atoms with E-state index in [4.69, 9.17) is 16.1 Å². The number of hydrogen-bond acceptors (Lipinski definition) is 5. The molecule has 1 aromatic carbocycles. The highest BCUT2D eigenvalue weighted by atomic mass is 35.5. The molecule has 0 bridgehead atoms. The summed E-state index contributed by atoms with van der Waals surface area (Å²) in [5.74, 6) is 0.359. The Labute approximate surface area is 149 Å². The van der Waals surface area contributed by atoms with E-state index in [-0.39, 0.29) is 5.91 Å². The Morgan fingerprint density at radius 1 is 1.32 bits per heavy atom. The van der Waals surface area contributed by atoms with Crippen LogP contribution >= 0.6 is 11.6 Å². The van der Waals surface area contributed by atoms with Crippen LogP contribution in [0.25, 0.3) is 11.3 Å². The number of amides is 1. The Bertz CT molecular complexity index is 954. The van der Waals surface area contributed by atoms with E-state index in [0.29, 0.717) is 47.1 Å². The van der Waals surface area contributed by atoms with Crippen LogP contribution in [0.15, 0.2) is 41.3 Å². The minimum atomic E-state index is -0.122. The maximum absolute atomic E-state index is 13.1. The number of aromatic nitrogens is 3. The summed E-state index contributed by atoms with van der Waals surface area (Å²) >= 11 is 6.27. The van der Waals surface area contributed by atoms with Crippen LogP contribution in [0.4, 0.5) is 0 Å². The molecule has 0 saturated carbocycles. The van der Waals surface area contributed by atoms with Crippen molar-refractivity contribution in [1.29, 1.82) is 0 Å². The summed E-state index contributed by atoms with van der Waals surface area (Å²) in [7, 11) is 0. The van der Waals surface area contributed by atoms with E-state index >= 15 is 0 Å². The number of carbonyl (C=O) groups excluding carboxylic acids is 1. The van der Waals surface area contributed by atoms with Gasteiger partial charge in [-0.25, -0.2) is 9.97 Å². The first-order chi connectivity index (χ1) is 12.1. The fraction of sp³-hybridized carbons (Fsp3) is 0.222. The zero-order chi connectivity index (χ0) is 17.4. The van der Waals surface area contributed by atoms with E-state index in [2.05, 4.69) is 15.1 Å². The van der Waals surface area contributed by atoms with Crippen LogP contribution in [0.2, 0.25) is 5.02 Å². The summed E-state index contributed by atoms with van der Waals surface area (Å²) in [6.45, 7) is 2.80. The Kier molecular flexibility index (Phi) is 3.97. The highest BCUT2D eigenvalue weighted by Gasteiger charge is 2.29. The predicted octanol–water partition coefficient (Wildman–Crippen LogP) is 3.29. The molecule has 0 fully saturated rings. The molecule has 0 spiro atoms. The van der Waals surface area contributed by atoms with Crippen LogP contribution in [-0.2, 0) is 13.0 Å². The second kappa shape index (κ2) is 6.29. The summed E-state index contributed by atoms with van der Waals surface area (Å²) in [4.78, 5) is 23.2. The van der Waals surface area contributed by atoms with Crippen LogP contribution in [-0.4, -0.2) is 32.5 Å². The Morgan fingerprint density at radius 3 is 3.00 bits per heavy atom. The molecule has 6 nitrogen and oxygen atoms in total. The quantitative estimate of drug-likeness (QED) is 0.706. The summed E-state index contributed by atoms with van der Waals surface area (Å²) in [5.41, 5.74) is 3.57. The molecule has 0 aliphatic carbocycles. The number of nitrogens with zero attached hydrogens (tertiary/aromatic N) is 4. The van der Waals surface area contributed by atoms with Crippen molar-refractivity contribution in [2.45, 2.75) is 19.9 Å². The molecule has 3 heterocycles.